The van der Waals surface area contributed by atoms with Crippen LogP contribution >= 0.6 is 0 Å². The molecule has 0 spiro atoms. The summed E-state index contributed by atoms with van der Waals surface area (Å²) in [5.41, 5.74) is 0.414. The fourth-order valence-corrected chi connectivity index (χ4v) is 0.258. The van der Waals surface area contributed by atoms with E-state index in [4.69, 9.17) is 0 Å². The molecule has 3 nitrogen and oxygen atoms in total. The van der Waals surface area contributed by atoms with Crippen molar-refractivity contribution >= 4 is 5.97 Å². The first-order valence-corrected chi connectivity index (χ1v) is 2.62. The Morgan fingerprint density at radius 2 is 2.20 bits per heavy atom. The maximum absolute atomic E-state index is 10.5. The predicted octanol–water partition coefficient (Wildman–Crippen LogP) is 0.467. The molecule has 0 aromatic carbocycles. The molecule has 0 aliphatic rings. The Bertz CT molecular complexity index is 138. The van der Waals surface area contributed by atoms with Crippen LogP contribution < -0.4 is 0 Å². The minimum Gasteiger partial charge on any atom is -0.458 e. The van der Waals surface area contributed by atoms with E-state index in [1.165, 1.54) is 6.08 Å². The molecule has 0 rings (SSSR count). The van der Waals surface area contributed by atoms with E-state index >= 15 is 0 Å². The minimum absolute atomic E-state index is 0. The molecule has 0 aliphatic heterocycles. The molecule has 0 fully saturated rings. The van der Waals surface area contributed by atoms with Gasteiger partial charge in [-0.3, -0.25) is 0 Å². The van der Waals surface area contributed by atoms with E-state index in [0.717, 1.165) is 0 Å². The normalized spacial score (nSPS) is 7.30. The van der Waals surface area contributed by atoms with Gasteiger partial charge in [-0.2, -0.15) is 0 Å². The summed E-state index contributed by atoms with van der Waals surface area (Å²) in [6.45, 7) is 8.64. The summed E-state index contributed by atoms with van der Waals surface area (Å²) in [6.07, 6.45) is 1.51. The Morgan fingerprint density at radius 1 is 1.70 bits per heavy atom. The van der Waals surface area contributed by atoms with Gasteiger partial charge < -0.3 is 10.2 Å². The number of carbonyl (C=O) groups excluding carboxylic acids is 1. The highest BCUT2D eigenvalue weighted by molar-refractivity contribution is 5.86. The van der Waals surface area contributed by atoms with E-state index < -0.39 is 0 Å². The predicted molar refractivity (Wildman–Crippen MR) is 39.6 cm³/mol. The zero-order chi connectivity index (χ0) is 7.28. The monoisotopic (exact) mass is 144 g/mol. The molecule has 0 bridgehead atoms. The third-order valence-corrected chi connectivity index (χ3v) is 0.681. The molecule has 0 aromatic heterocycles. The molecule has 0 heterocycles. The van der Waals surface area contributed by atoms with Crippen LogP contribution in [-0.2, 0) is 9.53 Å². The highest BCUT2D eigenvalue weighted by atomic mass is 16.5. The average Bonchev–Trinajstić information content (AvgIpc) is 1.82. The van der Waals surface area contributed by atoms with Crippen molar-refractivity contribution in [3.8, 4) is 0 Å². The number of hydrogen-bond donors (Lipinski definition) is 0. The molecule has 58 valence electrons. The number of esters is 1. The second-order valence-electron chi connectivity index (χ2n) is 1.67. The fourth-order valence-electron chi connectivity index (χ4n) is 0.258. The lowest BCUT2D eigenvalue weighted by Gasteiger charge is -1.97. The molecule has 10 heavy (non-hydrogen) atoms. The van der Waals surface area contributed by atoms with Crippen LogP contribution in [-0.4, -0.2) is 18.1 Å². The van der Waals surface area contributed by atoms with Gasteiger partial charge in [0.05, 0.1) is 0 Å². The highest BCUT2D eigenvalue weighted by Crippen LogP contribution is 1.90. The minimum atomic E-state index is -0.366. The number of rotatable bonds is 3. The van der Waals surface area contributed by atoms with Crippen LogP contribution in [0.1, 0.15) is 6.92 Å². The van der Waals surface area contributed by atoms with Gasteiger partial charge in [0.25, 0.3) is 0 Å². The average molecular weight is 144 g/mol. The summed E-state index contributed by atoms with van der Waals surface area (Å²) >= 11 is 0. The molecular formula is C7H12O3. The van der Waals surface area contributed by atoms with Crippen LogP contribution in [0, 0.1) is 0 Å². The Labute approximate surface area is 60.3 Å². The molecule has 0 saturated carbocycles. The second-order valence-corrected chi connectivity index (χ2v) is 1.67. The molecule has 0 aromatic rings. The lowest BCUT2D eigenvalue weighted by Crippen LogP contribution is -2.03. The fraction of sp³-hybridized carbons (Fsp3) is 0.286. The molecule has 2 N–H and O–H groups in total. The summed E-state index contributed by atoms with van der Waals surface area (Å²) in [6, 6.07) is 0. The van der Waals surface area contributed by atoms with Crippen LogP contribution in [0.15, 0.2) is 24.8 Å². The molecule has 0 saturated heterocycles. The number of hydrogen-bond acceptors (Lipinski definition) is 2. The van der Waals surface area contributed by atoms with Crippen molar-refractivity contribution < 1.29 is 15.0 Å². The van der Waals surface area contributed by atoms with Gasteiger partial charge in [0, 0.05) is 5.57 Å². The summed E-state index contributed by atoms with van der Waals surface area (Å²) < 4.78 is 4.60. The third-order valence-electron chi connectivity index (χ3n) is 0.681. The molecule has 3 heteroatoms. The third kappa shape index (κ3) is 5.05. The lowest BCUT2D eigenvalue weighted by molar-refractivity contribution is -0.137. The van der Waals surface area contributed by atoms with Gasteiger partial charge in [-0.25, -0.2) is 4.79 Å². The van der Waals surface area contributed by atoms with Crippen molar-refractivity contribution in [2.24, 2.45) is 0 Å². The molecular weight excluding hydrogens is 132 g/mol. The van der Waals surface area contributed by atoms with Crippen molar-refractivity contribution in [2.45, 2.75) is 6.92 Å². The van der Waals surface area contributed by atoms with Gasteiger partial charge in [0.15, 0.2) is 0 Å². The van der Waals surface area contributed by atoms with Gasteiger partial charge in [-0.05, 0) is 6.92 Å². The van der Waals surface area contributed by atoms with Gasteiger partial charge in [0.2, 0.25) is 0 Å². The molecule has 0 aliphatic carbocycles. The van der Waals surface area contributed by atoms with Crippen molar-refractivity contribution in [3.05, 3.63) is 24.8 Å². The van der Waals surface area contributed by atoms with E-state index in [9.17, 15) is 4.79 Å². The van der Waals surface area contributed by atoms with Crippen LogP contribution in [0.5, 0.6) is 0 Å². The van der Waals surface area contributed by atoms with Gasteiger partial charge in [0.1, 0.15) is 6.61 Å². The molecule has 0 atom stereocenters. The van der Waals surface area contributed by atoms with Crippen molar-refractivity contribution in [1.29, 1.82) is 0 Å². The Kier molecular flexibility index (Phi) is 7.05. The van der Waals surface area contributed by atoms with E-state index in [2.05, 4.69) is 17.9 Å². The first-order valence-electron chi connectivity index (χ1n) is 2.62. The summed E-state index contributed by atoms with van der Waals surface area (Å²) in [4.78, 5) is 10.5. The Balaban J connectivity index is 0. The largest absolute Gasteiger partial charge is 0.458 e. The van der Waals surface area contributed by atoms with Gasteiger partial charge in [-0.15, -0.1) is 0 Å². The Morgan fingerprint density at radius 3 is 2.50 bits per heavy atom. The standard InChI is InChI=1S/C7H10O2.H2O/c1-4-5-9-7(8)6(2)3;/h4H,1-2,5H2,3H3;1H2. The smallest absolute Gasteiger partial charge is 0.333 e. The van der Waals surface area contributed by atoms with E-state index in [-0.39, 0.29) is 18.1 Å². The quantitative estimate of drug-likeness (QED) is 0.328. The van der Waals surface area contributed by atoms with Crippen molar-refractivity contribution in [1.82, 2.24) is 0 Å². The molecule has 0 radical (unpaired) electrons. The second kappa shape index (κ2) is 6.04. The Hall–Kier alpha value is -1.09. The van der Waals surface area contributed by atoms with E-state index in [1.54, 1.807) is 6.92 Å². The number of ether oxygens (including phenoxy) is 1. The zero-order valence-electron chi connectivity index (χ0n) is 6.02. The summed E-state index contributed by atoms with van der Waals surface area (Å²) in [7, 11) is 0. The van der Waals surface area contributed by atoms with Gasteiger partial charge >= 0.3 is 5.97 Å². The highest BCUT2D eigenvalue weighted by Gasteiger charge is 1.98. The maximum Gasteiger partial charge on any atom is 0.333 e. The van der Waals surface area contributed by atoms with Crippen molar-refractivity contribution in [2.75, 3.05) is 6.61 Å². The first-order chi connectivity index (χ1) is 4.18. The van der Waals surface area contributed by atoms with E-state index in [0.29, 0.717) is 5.57 Å². The zero-order valence-corrected chi connectivity index (χ0v) is 6.02. The van der Waals surface area contributed by atoms with Crippen LogP contribution in [0.25, 0.3) is 0 Å². The van der Waals surface area contributed by atoms with Crippen molar-refractivity contribution in [3.63, 3.8) is 0 Å². The maximum atomic E-state index is 10.5. The number of carbonyl (C=O) groups is 1. The first kappa shape index (κ1) is 11.7. The SMILES string of the molecule is C=CCOC(=O)C(=C)C.O. The summed E-state index contributed by atoms with van der Waals surface area (Å²) in [5.74, 6) is -0.366. The van der Waals surface area contributed by atoms with Crippen LogP contribution in [0.3, 0.4) is 0 Å². The lowest BCUT2D eigenvalue weighted by atomic mass is 10.4. The summed E-state index contributed by atoms with van der Waals surface area (Å²) in [5, 5.41) is 0. The van der Waals surface area contributed by atoms with Crippen LogP contribution in [0.4, 0.5) is 0 Å². The molecule has 0 unspecified atom stereocenters. The van der Waals surface area contributed by atoms with Crippen LogP contribution in [0.2, 0.25) is 0 Å². The van der Waals surface area contributed by atoms with Gasteiger partial charge in [-0.1, -0.05) is 19.2 Å². The molecule has 0 amide bonds. The van der Waals surface area contributed by atoms with E-state index in [1.807, 2.05) is 0 Å². The topological polar surface area (TPSA) is 57.8 Å².